The highest BCUT2D eigenvalue weighted by Crippen LogP contribution is 2.39. The molecule has 1 heterocycles. The lowest BCUT2D eigenvalue weighted by Gasteiger charge is -2.33. The summed E-state index contributed by atoms with van der Waals surface area (Å²) in [5.74, 6) is 1.83. The van der Waals surface area contributed by atoms with Gasteiger partial charge in [0, 0.05) is 18.4 Å². The van der Waals surface area contributed by atoms with E-state index in [2.05, 4.69) is 0 Å². The van der Waals surface area contributed by atoms with Crippen molar-refractivity contribution >= 4 is 5.78 Å². The Labute approximate surface area is 99.7 Å². The maximum absolute atomic E-state index is 11.3. The Morgan fingerprint density at radius 2 is 1.82 bits per heavy atom. The number of hydrogen-bond acceptors (Lipinski definition) is 4. The Balaban J connectivity index is 1.90. The molecule has 90 valence electrons. The fourth-order valence-electron chi connectivity index (χ4n) is 2.47. The van der Waals surface area contributed by atoms with E-state index in [0.29, 0.717) is 31.5 Å². The minimum atomic E-state index is -0.394. The minimum absolute atomic E-state index is 0.273. The van der Waals surface area contributed by atoms with Crippen LogP contribution in [0.4, 0.5) is 0 Å². The Morgan fingerprint density at radius 1 is 1.12 bits per heavy atom. The molecule has 3 rings (SSSR count). The first-order valence-electron chi connectivity index (χ1n) is 5.88. The second kappa shape index (κ2) is 3.74. The van der Waals surface area contributed by atoms with Crippen LogP contribution in [0.25, 0.3) is 0 Å². The van der Waals surface area contributed by atoms with Crippen molar-refractivity contribution in [2.75, 3.05) is 6.79 Å². The van der Waals surface area contributed by atoms with Gasteiger partial charge in [0.2, 0.25) is 6.79 Å². The topological polar surface area (TPSA) is 61.6 Å². The molecule has 2 N–H and O–H groups in total. The third kappa shape index (κ3) is 1.78. The van der Waals surface area contributed by atoms with Gasteiger partial charge in [0.1, 0.15) is 5.78 Å². The highest BCUT2D eigenvalue weighted by molar-refractivity contribution is 5.79. The largest absolute Gasteiger partial charge is 0.454 e. The second-order valence-electron chi connectivity index (χ2n) is 4.76. The third-order valence-electron chi connectivity index (χ3n) is 3.65. The van der Waals surface area contributed by atoms with Crippen LogP contribution in [0.2, 0.25) is 0 Å². The quantitative estimate of drug-likeness (QED) is 0.802. The maximum atomic E-state index is 11.3. The summed E-state index contributed by atoms with van der Waals surface area (Å²) in [6.07, 6.45) is 2.58. The number of fused-ring (bicyclic) bond motifs is 1. The van der Waals surface area contributed by atoms with Gasteiger partial charge in [0.15, 0.2) is 11.5 Å². The lowest BCUT2D eigenvalue weighted by Crippen LogP contribution is -2.40. The van der Waals surface area contributed by atoms with Crippen LogP contribution in [0.5, 0.6) is 11.5 Å². The number of ketones is 1. The molecule has 0 unspecified atom stereocenters. The van der Waals surface area contributed by atoms with Gasteiger partial charge in [0.05, 0.1) is 0 Å². The van der Waals surface area contributed by atoms with E-state index in [1.54, 1.807) is 0 Å². The van der Waals surface area contributed by atoms with Crippen LogP contribution in [-0.4, -0.2) is 12.6 Å². The summed E-state index contributed by atoms with van der Waals surface area (Å²) >= 11 is 0. The predicted octanol–water partition coefficient (Wildman–Crippen LogP) is 1.71. The lowest BCUT2D eigenvalue weighted by molar-refractivity contribution is -0.121. The zero-order chi connectivity index (χ0) is 11.9. The molecule has 0 radical (unpaired) electrons. The standard InChI is InChI=1S/C13H15NO3/c14-13(5-3-10(15)4-6-13)9-1-2-11-12(7-9)17-8-16-11/h1-2,7H,3-6,8,14H2. The molecule has 0 bridgehead atoms. The van der Waals surface area contributed by atoms with Gasteiger partial charge in [-0.3, -0.25) is 4.79 Å². The summed E-state index contributed by atoms with van der Waals surface area (Å²) in [4.78, 5) is 11.3. The average Bonchev–Trinajstić information content (AvgIpc) is 2.80. The summed E-state index contributed by atoms with van der Waals surface area (Å²) in [6, 6.07) is 5.81. The van der Waals surface area contributed by atoms with Crippen molar-refractivity contribution < 1.29 is 14.3 Å². The van der Waals surface area contributed by atoms with E-state index in [-0.39, 0.29) is 6.79 Å². The fraction of sp³-hybridized carbons (Fsp3) is 0.462. The van der Waals surface area contributed by atoms with Crippen LogP contribution in [0.1, 0.15) is 31.2 Å². The molecule has 4 nitrogen and oxygen atoms in total. The minimum Gasteiger partial charge on any atom is -0.454 e. The molecule has 1 aromatic carbocycles. The van der Waals surface area contributed by atoms with Gasteiger partial charge >= 0.3 is 0 Å². The molecule has 2 aliphatic rings. The van der Waals surface area contributed by atoms with E-state index in [1.165, 1.54) is 0 Å². The van der Waals surface area contributed by atoms with Gasteiger partial charge in [0.25, 0.3) is 0 Å². The number of carbonyl (C=O) groups is 1. The van der Waals surface area contributed by atoms with Crippen molar-refractivity contribution in [1.82, 2.24) is 0 Å². The Bertz CT molecular complexity index is 460. The number of hydrogen-bond donors (Lipinski definition) is 1. The molecular weight excluding hydrogens is 218 g/mol. The SMILES string of the molecule is NC1(c2ccc3c(c2)OCO3)CCC(=O)CC1. The predicted molar refractivity (Wildman–Crippen MR) is 61.9 cm³/mol. The molecule has 1 aliphatic heterocycles. The first kappa shape index (κ1) is 10.6. The number of nitrogens with two attached hydrogens (primary N) is 1. The number of ether oxygens (including phenoxy) is 2. The zero-order valence-corrected chi connectivity index (χ0v) is 9.57. The monoisotopic (exact) mass is 233 g/mol. The molecule has 4 heteroatoms. The van der Waals surface area contributed by atoms with E-state index in [9.17, 15) is 4.79 Å². The number of carbonyl (C=O) groups excluding carboxylic acids is 1. The van der Waals surface area contributed by atoms with Gasteiger partial charge in [-0.05, 0) is 30.5 Å². The van der Waals surface area contributed by atoms with Gasteiger partial charge in [-0.15, -0.1) is 0 Å². The van der Waals surface area contributed by atoms with Crippen molar-refractivity contribution in [1.29, 1.82) is 0 Å². The molecule has 0 spiro atoms. The molecule has 1 fully saturated rings. The number of Topliss-reactive ketones (excluding diaryl/α,β-unsaturated/α-hetero) is 1. The fourth-order valence-corrected chi connectivity index (χ4v) is 2.47. The molecular formula is C13H15NO3. The van der Waals surface area contributed by atoms with Crippen molar-refractivity contribution in [3.05, 3.63) is 23.8 Å². The molecule has 0 amide bonds. The molecule has 17 heavy (non-hydrogen) atoms. The average molecular weight is 233 g/mol. The smallest absolute Gasteiger partial charge is 0.231 e. The summed E-state index contributed by atoms with van der Waals surface area (Å²) in [5.41, 5.74) is 7.03. The van der Waals surface area contributed by atoms with Crippen LogP contribution in [0, 0.1) is 0 Å². The van der Waals surface area contributed by atoms with Crippen LogP contribution in [-0.2, 0) is 10.3 Å². The first-order chi connectivity index (χ1) is 8.17. The van der Waals surface area contributed by atoms with E-state index in [4.69, 9.17) is 15.2 Å². The first-order valence-corrected chi connectivity index (χ1v) is 5.88. The van der Waals surface area contributed by atoms with Crippen molar-refractivity contribution in [2.45, 2.75) is 31.2 Å². The molecule has 0 aromatic heterocycles. The van der Waals surface area contributed by atoms with Crippen LogP contribution < -0.4 is 15.2 Å². The second-order valence-corrected chi connectivity index (χ2v) is 4.76. The molecule has 1 saturated carbocycles. The van der Waals surface area contributed by atoms with Gasteiger partial charge < -0.3 is 15.2 Å². The van der Waals surface area contributed by atoms with Crippen LogP contribution >= 0.6 is 0 Å². The van der Waals surface area contributed by atoms with Gasteiger partial charge in [-0.25, -0.2) is 0 Å². The Kier molecular flexibility index (Phi) is 2.33. The summed E-state index contributed by atoms with van der Waals surface area (Å²) in [5, 5.41) is 0. The molecule has 0 atom stereocenters. The summed E-state index contributed by atoms with van der Waals surface area (Å²) in [7, 11) is 0. The molecule has 1 aliphatic carbocycles. The number of rotatable bonds is 1. The number of benzene rings is 1. The van der Waals surface area contributed by atoms with Crippen molar-refractivity contribution in [3.8, 4) is 11.5 Å². The van der Waals surface area contributed by atoms with Crippen molar-refractivity contribution in [3.63, 3.8) is 0 Å². The van der Waals surface area contributed by atoms with E-state index in [0.717, 1.165) is 17.1 Å². The highest BCUT2D eigenvalue weighted by Gasteiger charge is 2.33. The Morgan fingerprint density at radius 3 is 2.59 bits per heavy atom. The van der Waals surface area contributed by atoms with Crippen LogP contribution in [0.15, 0.2) is 18.2 Å². The normalized spacial score (nSPS) is 21.6. The summed E-state index contributed by atoms with van der Waals surface area (Å²) < 4.78 is 10.6. The highest BCUT2D eigenvalue weighted by atomic mass is 16.7. The van der Waals surface area contributed by atoms with E-state index >= 15 is 0 Å². The van der Waals surface area contributed by atoms with Gasteiger partial charge in [-0.1, -0.05) is 6.07 Å². The van der Waals surface area contributed by atoms with E-state index < -0.39 is 5.54 Å². The molecule has 1 aromatic rings. The third-order valence-corrected chi connectivity index (χ3v) is 3.65. The zero-order valence-electron chi connectivity index (χ0n) is 9.57. The summed E-state index contributed by atoms with van der Waals surface area (Å²) in [6.45, 7) is 0.273. The lowest BCUT2D eigenvalue weighted by atomic mass is 9.77. The van der Waals surface area contributed by atoms with Gasteiger partial charge in [-0.2, -0.15) is 0 Å². The Hall–Kier alpha value is -1.55. The van der Waals surface area contributed by atoms with Crippen molar-refractivity contribution in [2.24, 2.45) is 5.73 Å². The maximum Gasteiger partial charge on any atom is 0.231 e. The van der Waals surface area contributed by atoms with E-state index in [1.807, 2.05) is 18.2 Å². The molecule has 0 saturated heterocycles. The van der Waals surface area contributed by atoms with Crippen LogP contribution in [0.3, 0.4) is 0 Å².